The van der Waals surface area contributed by atoms with Gasteiger partial charge in [0.1, 0.15) is 11.5 Å². The number of esters is 1. The molecule has 0 bridgehead atoms. The molecule has 0 saturated carbocycles. The highest BCUT2D eigenvalue weighted by Crippen LogP contribution is 2.38. The maximum Gasteiger partial charge on any atom is 0.305 e. The van der Waals surface area contributed by atoms with Crippen LogP contribution in [0.2, 0.25) is 0 Å². The molecule has 0 spiro atoms. The van der Waals surface area contributed by atoms with Crippen LogP contribution in [-0.2, 0) is 9.53 Å². The Morgan fingerprint density at radius 3 is 1.69 bits per heavy atom. The molecular weight excluding hydrogens is 328 g/mol. The smallest absolute Gasteiger partial charge is 0.305 e. The van der Waals surface area contributed by atoms with E-state index in [4.69, 9.17) is 14.2 Å². The lowest BCUT2D eigenvalue weighted by Gasteiger charge is -2.26. The van der Waals surface area contributed by atoms with Gasteiger partial charge in [-0.05, 0) is 60.1 Å². The molecule has 0 aliphatic rings. The summed E-state index contributed by atoms with van der Waals surface area (Å²) in [6.07, 6.45) is 2.12. The second-order valence-electron chi connectivity index (χ2n) is 6.27. The number of hydrogen-bond acceptors (Lipinski definition) is 4. The van der Waals surface area contributed by atoms with Crippen LogP contribution in [0.5, 0.6) is 11.5 Å². The van der Waals surface area contributed by atoms with Crippen LogP contribution < -0.4 is 9.47 Å². The Hall–Kier alpha value is -2.49. The Kier molecular flexibility index (Phi) is 7.52. The van der Waals surface area contributed by atoms with Gasteiger partial charge >= 0.3 is 5.97 Å². The Morgan fingerprint density at radius 1 is 0.846 bits per heavy atom. The lowest BCUT2D eigenvalue weighted by atomic mass is 9.78. The van der Waals surface area contributed by atoms with E-state index in [1.807, 2.05) is 24.3 Å². The molecule has 0 aromatic heterocycles. The summed E-state index contributed by atoms with van der Waals surface area (Å²) in [6, 6.07) is 16.4. The molecule has 140 valence electrons. The van der Waals surface area contributed by atoms with Crippen LogP contribution in [0.15, 0.2) is 48.5 Å². The first-order valence-electron chi connectivity index (χ1n) is 9.09. The van der Waals surface area contributed by atoms with E-state index in [0.29, 0.717) is 17.6 Å². The molecule has 2 rings (SSSR count). The summed E-state index contributed by atoms with van der Waals surface area (Å²) in [5.41, 5.74) is 2.62. The highest BCUT2D eigenvalue weighted by molar-refractivity contribution is 5.65. The van der Waals surface area contributed by atoms with Crippen LogP contribution >= 0.6 is 0 Å². The van der Waals surface area contributed by atoms with Crippen molar-refractivity contribution in [3.8, 4) is 11.5 Å². The van der Waals surface area contributed by atoms with Crippen LogP contribution in [0.4, 0.5) is 0 Å². The fourth-order valence-electron chi connectivity index (χ4n) is 3.35. The molecule has 0 saturated heterocycles. The average molecular weight is 356 g/mol. The molecular formula is C22H28O4. The predicted molar refractivity (Wildman–Crippen MR) is 103 cm³/mol. The van der Waals surface area contributed by atoms with E-state index in [-0.39, 0.29) is 12.8 Å². The van der Waals surface area contributed by atoms with Gasteiger partial charge in [-0.3, -0.25) is 4.79 Å². The maximum atomic E-state index is 10.8. The number of ether oxygens (including phenoxy) is 3. The Morgan fingerprint density at radius 2 is 1.31 bits per heavy atom. The zero-order valence-electron chi connectivity index (χ0n) is 16.0. The minimum absolute atomic E-state index is 0.0602. The van der Waals surface area contributed by atoms with Crippen molar-refractivity contribution in [2.45, 2.75) is 45.4 Å². The first-order chi connectivity index (χ1) is 12.6. The molecule has 0 N–H and O–H groups in total. The van der Waals surface area contributed by atoms with Crippen LogP contribution in [-0.4, -0.2) is 19.9 Å². The topological polar surface area (TPSA) is 44.8 Å². The molecule has 2 atom stereocenters. The van der Waals surface area contributed by atoms with Crippen LogP contribution in [0.3, 0.4) is 0 Å². The molecule has 26 heavy (non-hydrogen) atoms. The van der Waals surface area contributed by atoms with Gasteiger partial charge in [0.2, 0.25) is 6.79 Å². The van der Waals surface area contributed by atoms with E-state index in [0.717, 1.165) is 18.6 Å². The van der Waals surface area contributed by atoms with Crippen molar-refractivity contribution < 1.29 is 19.0 Å². The number of carbonyl (C=O) groups is 1. The lowest BCUT2D eigenvalue weighted by molar-refractivity contribution is -0.147. The summed E-state index contributed by atoms with van der Waals surface area (Å²) < 4.78 is 15.5. The summed E-state index contributed by atoms with van der Waals surface area (Å²) in [7, 11) is 1.69. The molecule has 4 nitrogen and oxygen atoms in total. The molecule has 4 heteroatoms. The molecule has 0 radical (unpaired) electrons. The second-order valence-corrected chi connectivity index (χ2v) is 6.27. The van der Waals surface area contributed by atoms with E-state index >= 15 is 0 Å². The van der Waals surface area contributed by atoms with Crippen molar-refractivity contribution in [3.63, 3.8) is 0 Å². The van der Waals surface area contributed by atoms with Gasteiger partial charge in [0, 0.05) is 6.92 Å². The van der Waals surface area contributed by atoms with Gasteiger partial charge in [0.25, 0.3) is 0 Å². The predicted octanol–water partition coefficient (Wildman–Crippen LogP) is 5.28. The third-order valence-electron chi connectivity index (χ3n) is 4.71. The lowest BCUT2D eigenvalue weighted by Crippen LogP contribution is -2.11. The molecule has 0 aliphatic heterocycles. The zero-order chi connectivity index (χ0) is 18.9. The summed E-state index contributed by atoms with van der Waals surface area (Å²) in [4.78, 5) is 10.8. The van der Waals surface area contributed by atoms with Crippen LogP contribution in [0, 0.1) is 0 Å². The van der Waals surface area contributed by atoms with Crippen molar-refractivity contribution in [2.24, 2.45) is 0 Å². The normalized spacial score (nSPS) is 12.9. The van der Waals surface area contributed by atoms with E-state index in [9.17, 15) is 4.79 Å². The first-order valence-corrected chi connectivity index (χ1v) is 9.09. The Labute approximate surface area is 156 Å². The summed E-state index contributed by atoms with van der Waals surface area (Å²) in [6.45, 7) is 5.76. The number of methoxy groups -OCH3 is 1. The Bertz CT molecular complexity index is 676. The molecule has 0 amide bonds. The molecule has 2 unspecified atom stereocenters. The van der Waals surface area contributed by atoms with Crippen molar-refractivity contribution in [2.75, 3.05) is 13.9 Å². The van der Waals surface area contributed by atoms with Gasteiger partial charge < -0.3 is 14.2 Å². The van der Waals surface area contributed by atoms with Crippen molar-refractivity contribution in [3.05, 3.63) is 59.7 Å². The van der Waals surface area contributed by atoms with Crippen LogP contribution in [0.25, 0.3) is 0 Å². The van der Waals surface area contributed by atoms with E-state index in [2.05, 4.69) is 38.1 Å². The van der Waals surface area contributed by atoms with Gasteiger partial charge in [-0.15, -0.1) is 0 Å². The number of rotatable bonds is 9. The minimum atomic E-state index is -0.349. The third kappa shape index (κ3) is 5.25. The first kappa shape index (κ1) is 19.8. The van der Waals surface area contributed by atoms with Crippen molar-refractivity contribution >= 4 is 5.97 Å². The van der Waals surface area contributed by atoms with Gasteiger partial charge in [-0.1, -0.05) is 38.1 Å². The van der Waals surface area contributed by atoms with Crippen molar-refractivity contribution in [1.82, 2.24) is 0 Å². The molecule has 0 fully saturated rings. The summed E-state index contributed by atoms with van der Waals surface area (Å²) >= 11 is 0. The molecule has 0 aliphatic carbocycles. The number of hydrogen-bond donors (Lipinski definition) is 0. The number of carbonyl (C=O) groups excluding carboxylic acids is 1. The van der Waals surface area contributed by atoms with Crippen molar-refractivity contribution in [1.29, 1.82) is 0 Å². The molecule has 0 heterocycles. The van der Waals surface area contributed by atoms with E-state index < -0.39 is 0 Å². The largest absolute Gasteiger partial charge is 0.497 e. The second kappa shape index (κ2) is 9.85. The average Bonchev–Trinajstić information content (AvgIpc) is 2.66. The maximum absolute atomic E-state index is 10.8. The summed E-state index contributed by atoms with van der Waals surface area (Å²) in [5.74, 6) is 2.10. The fraction of sp³-hybridized carbons (Fsp3) is 0.409. The zero-order valence-corrected chi connectivity index (χ0v) is 16.0. The monoisotopic (exact) mass is 356 g/mol. The highest BCUT2D eigenvalue weighted by Gasteiger charge is 2.22. The van der Waals surface area contributed by atoms with Gasteiger partial charge in [-0.2, -0.15) is 0 Å². The Balaban J connectivity index is 2.12. The van der Waals surface area contributed by atoms with Crippen LogP contribution in [0.1, 0.15) is 56.6 Å². The fourth-order valence-corrected chi connectivity index (χ4v) is 3.35. The minimum Gasteiger partial charge on any atom is -0.497 e. The SMILES string of the molecule is CCC(c1ccc(OC)cc1)C(CC)c1ccc(OCOC(C)=O)cc1. The van der Waals surface area contributed by atoms with Gasteiger partial charge in [0.15, 0.2) is 0 Å². The van der Waals surface area contributed by atoms with E-state index in [1.165, 1.54) is 18.1 Å². The quantitative estimate of drug-likeness (QED) is 0.453. The highest BCUT2D eigenvalue weighted by atomic mass is 16.7. The third-order valence-corrected chi connectivity index (χ3v) is 4.71. The van der Waals surface area contributed by atoms with Gasteiger partial charge in [-0.25, -0.2) is 0 Å². The van der Waals surface area contributed by atoms with Gasteiger partial charge in [0.05, 0.1) is 7.11 Å². The summed E-state index contributed by atoms with van der Waals surface area (Å²) in [5, 5.41) is 0. The molecule has 2 aromatic rings. The van der Waals surface area contributed by atoms with E-state index in [1.54, 1.807) is 7.11 Å². The standard InChI is InChI=1S/C22H28O4/c1-5-21(17-7-11-19(24-4)12-8-17)22(6-2)18-9-13-20(14-10-18)26-15-25-16(3)23/h7-14,21-22H,5-6,15H2,1-4H3. The number of benzene rings is 2. The molecule has 2 aromatic carbocycles.